The molecule has 5 heteroatoms. The fourth-order valence-corrected chi connectivity index (χ4v) is 2.45. The van der Waals surface area contributed by atoms with Crippen LogP contribution in [0.4, 0.5) is 5.82 Å². The Labute approximate surface area is 128 Å². The van der Waals surface area contributed by atoms with Crippen LogP contribution in [0.2, 0.25) is 10.0 Å². The fourth-order valence-electron chi connectivity index (χ4n) is 2.07. The van der Waals surface area contributed by atoms with Gasteiger partial charge in [-0.15, -0.1) is 6.42 Å². The Kier molecular flexibility index (Phi) is 4.59. The number of hydrogen-bond donors (Lipinski definition) is 1. The zero-order chi connectivity index (χ0) is 14.7. The first kappa shape index (κ1) is 14.8. The van der Waals surface area contributed by atoms with E-state index in [0.29, 0.717) is 28.1 Å². The molecule has 0 aliphatic carbocycles. The lowest BCUT2D eigenvalue weighted by molar-refractivity contribution is 0.733. The molecule has 0 amide bonds. The summed E-state index contributed by atoms with van der Waals surface area (Å²) >= 11 is 12.2. The highest BCUT2D eigenvalue weighted by atomic mass is 35.5. The molecule has 1 aromatic heterocycles. The zero-order valence-electron chi connectivity index (χ0n) is 11.2. The zero-order valence-corrected chi connectivity index (χ0v) is 12.7. The summed E-state index contributed by atoms with van der Waals surface area (Å²) in [6.45, 7) is 2.48. The molecule has 0 fully saturated rings. The molecule has 104 valence electrons. The van der Waals surface area contributed by atoms with E-state index in [2.05, 4.69) is 17.8 Å². The van der Waals surface area contributed by atoms with Crippen LogP contribution in [0.1, 0.15) is 19.2 Å². The van der Waals surface area contributed by atoms with E-state index >= 15 is 0 Å². The van der Waals surface area contributed by atoms with E-state index in [1.54, 1.807) is 18.2 Å². The molecule has 2 N–H and O–H groups in total. The Hall–Kier alpha value is -1.63. The number of hydrogen-bond acceptors (Lipinski definition) is 2. The number of imidazole rings is 1. The molecule has 0 saturated carbocycles. The minimum atomic E-state index is 0.395. The van der Waals surface area contributed by atoms with Gasteiger partial charge in [-0.2, -0.15) is 0 Å². The highest BCUT2D eigenvalue weighted by molar-refractivity contribution is 6.35. The van der Waals surface area contributed by atoms with Crippen LogP contribution < -0.4 is 5.73 Å². The molecule has 0 bridgehead atoms. The maximum atomic E-state index is 6.21. The van der Waals surface area contributed by atoms with Gasteiger partial charge in [-0.25, -0.2) is 4.98 Å². The molecule has 3 nitrogen and oxygen atoms in total. The number of halogens is 2. The van der Waals surface area contributed by atoms with Crippen molar-refractivity contribution in [3.63, 3.8) is 0 Å². The van der Waals surface area contributed by atoms with Gasteiger partial charge in [0.1, 0.15) is 17.3 Å². The monoisotopic (exact) mass is 307 g/mol. The second-order valence-electron chi connectivity index (χ2n) is 4.43. The van der Waals surface area contributed by atoms with Crippen LogP contribution >= 0.6 is 23.2 Å². The molecule has 20 heavy (non-hydrogen) atoms. The number of nitrogen functional groups attached to an aromatic ring is 1. The van der Waals surface area contributed by atoms with Crippen LogP contribution in [0.5, 0.6) is 0 Å². The number of aromatic nitrogens is 2. The van der Waals surface area contributed by atoms with Gasteiger partial charge in [0.2, 0.25) is 0 Å². The quantitative estimate of drug-likeness (QED) is 0.867. The van der Waals surface area contributed by atoms with E-state index in [1.165, 1.54) is 0 Å². The first-order chi connectivity index (χ1) is 9.58. The fraction of sp³-hybridized carbons (Fsp3) is 0.267. The molecule has 0 aliphatic rings. The Morgan fingerprint density at radius 3 is 2.80 bits per heavy atom. The summed E-state index contributed by atoms with van der Waals surface area (Å²) in [5, 5.41) is 1.15. The number of terminal acetylenes is 1. The maximum Gasteiger partial charge on any atom is 0.132 e. The number of rotatable bonds is 4. The van der Waals surface area contributed by atoms with E-state index in [4.69, 9.17) is 35.4 Å². The Morgan fingerprint density at radius 2 is 2.15 bits per heavy atom. The predicted octanol–water partition coefficient (Wildman–Crippen LogP) is 4.02. The van der Waals surface area contributed by atoms with Gasteiger partial charge in [0.05, 0.1) is 11.6 Å². The molecular weight excluding hydrogens is 293 g/mol. The lowest BCUT2D eigenvalue weighted by Crippen LogP contribution is -2.06. The van der Waals surface area contributed by atoms with Gasteiger partial charge in [-0.1, -0.05) is 36.0 Å². The predicted molar refractivity (Wildman–Crippen MR) is 84.9 cm³/mol. The van der Waals surface area contributed by atoms with Crippen molar-refractivity contribution in [3.8, 4) is 23.6 Å². The average Bonchev–Trinajstić information content (AvgIpc) is 2.71. The lowest BCUT2D eigenvalue weighted by Gasteiger charge is -2.05. The summed E-state index contributed by atoms with van der Waals surface area (Å²) in [6, 6.07) is 5.23. The third kappa shape index (κ3) is 2.77. The standard InChI is InChI=1S/C15H15Cl2N3/c1-3-5-13-19-14(15(18)20(13)8-4-2)11-9-10(16)6-7-12(11)17/h2,6-7,9H,3,5,8,18H2,1H3. The van der Waals surface area contributed by atoms with Gasteiger partial charge < -0.3 is 10.3 Å². The lowest BCUT2D eigenvalue weighted by atomic mass is 10.1. The summed E-state index contributed by atoms with van der Waals surface area (Å²) in [7, 11) is 0. The van der Waals surface area contributed by atoms with Gasteiger partial charge >= 0.3 is 0 Å². The van der Waals surface area contributed by atoms with Crippen molar-refractivity contribution in [2.24, 2.45) is 0 Å². The number of anilines is 1. The molecule has 0 radical (unpaired) electrons. The van der Waals surface area contributed by atoms with Crippen molar-refractivity contribution in [3.05, 3.63) is 34.1 Å². The van der Waals surface area contributed by atoms with Crippen LogP contribution in [-0.2, 0) is 13.0 Å². The van der Waals surface area contributed by atoms with Gasteiger partial charge in [-0.3, -0.25) is 0 Å². The van der Waals surface area contributed by atoms with E-state index < -0.39 is 0 Å². The van der Waals surface area contributed by atoms with Gasteiger partial charge in [-0.05, 0) is 24.6 Å². The largest absolute Gasteiger partial charge is 0.383 e. The second kappa shape index (κ2) is 6.21. The highest BCUT2D eigenvalue weighted by Crippen LogP contribution is 2.34. The molecule has 0 saturated heterocycles. The van der Waals surface area contributed by atoms with Crippen LogP contribution in [0.25, 0.3) is 11.3 Å². The molecule has 1 heterocycles. The molecule has 2 aromatic rings. The summed E-state index contributed by atoms with van der Waals surface area (Å²) in [4.78, 5) is 4.59. The first-order valence-electron chi connectivity index (χ1n) is 6.32. The van der Waals surface area contributed by atoms with Gasteiger partial charge in [0.15, 0.2) is 0 Å². The Bertz CT molecular complexity index is 668. The van der Waals surface area contributed by atoms with Crippen molar-refractivity contribution in [1.29, 1.82) is 0 Å². The van der Waals surface area contributed by atoms with Crippen molar-refractivity contribution < 1.29 is 0 Å². The van der Waals surface area contributed by atoms with Crippen LogP contribution in [0, 0.1) is 12.3 Å². The average molecular weight is 308 g/mol. The molecule has 0 atom stereocenters. The number of benzene rings is 1. The minimum absolute atomic E-state index is 0.395. The van der Waals surface area contributed by atoms with E-state index in [9.17, 15) is 0 Å². The molecular formula is C15H15Cl2N3. The normalized spacial score (nSPS) is 10.5. The third-order valence-electron chi connectivity index (χ3n) is 2.99. The molecule has 0 unspecified atom stereocenters. The topological polar surface area (TPSA) is 43.8 Å². The summed E-state index contributed by atoms with van der Waals surface area (Å²) < 4.78 is 1.84. The van der Waals surface area contributed by atoms with Crippen molar-refractivity contribution >= 4 is 29.0 Å². The summed E-state index contributed by atoms with van der Waals surface area (Å²) in [5.74, 6) is 3.99. The summed E-state index contributed by atoms with van der Waals surface area (Å²) in [5.41, 5.74) is 7.54. The third-order valence-corrected chi connectivity index (χ3v) is 3.56. The molecule has 0 aliphatic heterocycles. The number of nitrogens with zero attached hydrogens (tertiary/aromatic N) is 2. The summed E-state index contributed by atoms with van der Waals surface area (Å²) in [6.07, 6.45) is 7.17. The van der Waals surface area contributed by atoms with Gasteiger partial charge in [0.25, 0.3) is 0 Å². The van der Waals surface area contributed by atoms with E-state index in [1.807, 2.05) is 4.57 Å². The maximum absolute atomic E-state index is 6.21. The van der Waals surface area contributed by atoms with Gasteiger partial charge in [0, 0.05) is 17.0 Å². The number of nitrogens with two attached hydrogens (primary N) is 1. The SMILES string of the molecule is C#CCn1c(CCC)nc(-c2cc(Cl)ccc2Cl)c1N. The van der Waals surface area contributed by atoms with E-state index in [-0.39, 0.29) is 0 Å². The second-order valence-corrected chi connectivity index (χ2v) is 5.27. The van der Waals surface area contributed by atoms with Crippen LogP contribution in [0.15, 0.2) is 18.2 Å². The Morgan fingerprint density at radius 1 is 1.40 bits per heavy atom. The van der Waals surface area contributed by atoms with Crippen molar-refractivity contribution in [1.82, 2.24) is 9.55 Å². The smallest absolute Gasteiger partial charge is 0.132 e. The Balaban J connectivity index is 2.60. The van der Waals surface area contributed by atoms with Crippen LogP contribution in [-0.4, -0.2) is 9.55 Å². The first-order valence-corrected chi connectivity index (χ1v) is 7.07. The van der Waals surface area contributed by atoms with Crippen LogP contribution in [0.3, 0.4) is 0 Å². The molecule has 0 spiro atoms. The highest BCUT2D eigenvalue weighted by Gasteiger charge is 2.17. The van der Waals surface area contributed by atoms with Crippen molar-refractivity contribution in [2.75, 3.05) is 5.73 Å². The molecule has 1 aromatic carbocycles. The van der Waals surface area contributed by atoms with Crippen molar-refractivity contribution in [2.45, 2.75) is 26.3 Å². The molecule has 2 rings (SSSR count). The van der Waals surface area contributed by atoms with E-state index in [0.717, 1.165) is 24.2 Å². The number of aryl methyl sites for hydroxylation is 1. The minimum Gasteiger partial charge on any atom is -0.383 e.